The first kappa shape index (κ1) is 22.3. The Balaban J connectivity index is 1.99. The standard InChI is InChI=1S/C22H22F2O7/c1-5-29-21(26)19-11(2)17-14(30-19)7-6-13(18(17)25)8-12-9-15(27-3)20(31-22(23)24)16(10-12)28-4/h8-10,22H,5-7H2,1-4H3/b13-8+. The molecule has 0 aliphatic heterocycles. The number of ketones is 1. The number of carbonyl (C=O) groups excluding carboxylic acids is 2. The lowest BCUT2D eigenvalue weighted by Gasteiger charge is -2.16. The Hall–Kier alpha value is -3.36. The monoisotopic (exact) mass is 436 g/mol. The summed E-state index contributed by atoms with van der Waals surface area (Å²) < 4.78 is 50.9. The zero-order valence-electron chi connectivity index (χ0n) is 17.5. The second-order valence-electron chi connectivity index (χ2n) is 6.71. The maximum Gasteiger partial charge on any atom is 0.387 e. The third kappa shape index (κ3) is 4.40. The Bertz CT molecular complexity index is 1010. The zero-order valence-corrected chi connectivity index (χ0v) is 17.5. The number of methoxy groups -OCH3 is 2. The summed E-state index contributed by atoms with van der Waals surface area (Å²) in [6.45, 7) is 0.459. The molecule has 0 spiro atoms. The summed E-state index contributed by atoms with van der Waals surface area (Å²) in [6.07, 6.45) is 2.42. The van der Waals surface area contributed by atoms with E-state index in [4.69, 9.17) is 18.6 Å². The molecule has 0 unspecified atom stereocenters. The summed E-state index contributed by atoms with van der Waals surface area (Å²) in [6, 6.07) is 2.95. The van der Waals surface area contributed by atoms with Gasteiger partial charge in [0.05, 0.1) is 26.4 Å². The fourth-order valence-electron chi connectivity index (χ4n) is 3.49. The molecule has 0 atom stereocenters. The maximum atomic E-state index is 13.1. The van der Waals surface area contributed by atoms with Crippen molar-refractivity contribution in [2.75, 3.05) is 20.8 Å². The van der Waals surface area contributed by atoms with E-state index in [1.165, 1.54) is 26.4 Å². The van der Waals surface area contributed by atoms with Crippen molar-refractivity contribution in [3.8, 4) is 17.2 Å². The number of ether oxygens (including phenoxy) is 4. The average Bonchev–Trinajstić information content (AvgIpc) is 3.07. The topological polar surface area (TPSA) is 84.2 Å². The number of benzene rings is 1. The van der Waals surface area contributed by atoms with Crippen LogP contribution in [0.5, 0.6) is 17.2 Å². The van der Waals surface area contributed by atoms with Crippen molar-refractivity contribution >= 4 is 17.8 Å². The number of carbonyl (C=O) groups is 2. The molecule has 1 heterocycles. The normalized spacial score (nSPS) is 14.5. The van der Waals surface area contributed by atoms with Gasteiger partial charge < -0.3 is 23.4 Å². The van der Waals surface area contributed by atoms with Crippen LogP contribution in [0, 0.1) is 6.92 Å². The minimum Gasteiger partial charge on any atom is -0.493 e. The maximum absolute atomic E-state index is 13.1. The van der Waals surface area contributed by atoms with Gasteiger partial charge in [-0.1, -0.05) is 0 Å². The number of rotatable bonds is 7. The highest BCUT2D eigenvalue weighted by Gasteiger charge is 2.32. The van der Waals surface area contributed by atoms with E-state index in [1.54, 1.807) is 19.9 Å². The smallest absolute Gasteiger partial charge is 0.387 e. The second kappa shape index (κ2) is 9.20. The fraction of sp³-hybridized carbons (Fsp3) is 0.364. The third-order valence-electron chi connectivity index (χ3n) is 4.85. The second-order valence-corrected chi connectivity index (χ2v) is 6.71. The van der Waals surface area contributed by atoms with Crippen LogP contribution in [-0.2, 0) is 11.2 Å². The molecule has 0 saturated carbocycles. The number of alkyl halides is 2. The molecule has 0 N–H and O–H groups in total. The molecule has 0 saturated heterocycles. The van der Waals surface area contributed by atoms with Gasteiger partial charge in [0.25, 0.3) is 0 Å². The molecule has 0 bridgehead atoms. The van der Waals surface area contributed by atoms with Crippen molar-refractivity contribution in [1.82, 2.24) is 0 Å². The lowest BCUT2D eigenvalue weighted by Crippen LogP contribution is -2.13. The quantitative estimate of drug-likeness (QED) is 0.463. The SMILES string of the molecule is CCOC(=O)c1oc2c(c1C)C(=O)/C(=C/c1cc(OC)c(OC(F)F)c(OC)c1)CC2. The van der Waals surface area contributed by atoms with E-state index in [0.717, 1.165) is 0 Å². The number of furan rings is 1. The summed E-state index contributed by atoms with van der Waals surface area (Å²) in [5.41, 5.74) is 1.75. The van der Waals surface area contributed by atoms with Crippen molar-refractivity contribution in [2.24, 2.45) is 0 Å². The lowest BCUT2D eigenvalue weighted by molar-refractivity contribution is -0.0526. The van der Waals surface area contributed by atoms with Gasteiger partial charge in [-0.3, -0.25) is 4.79 Å². The van der Waals surface area contributed by atoms with Crippen molar-refractivity contribution in [3.05, 3.63) is 45.9 Å². The van der Waals surface area contributed by atoms with Gasteiger partial charge in [-0.2, -0.15) is 8.78 Å². The summed E-state index contributed by atoms with van der Waals surface area (Å²) in [5.74, 6) is -0.569. The van der Waals surface area contributed by atoms with Gasteiger partial charge in [-0.05, 0) is 44.0 Å². The van der Waals surface area contributed by atoms with Crippen LogP contribution in [0.3, 0.4) is 0 Å². The Morgan fingerprint density at radius 3 is 2.39 bits per heavy atom. The molecule has 1 aliphatic carbocycles. The molecule has 166 valence electrons. The van der Waals surface area contributed by atoms with Gasteiger partial charge >= 0.3 is 12.6 Å². The molecular formula is C22H22F2O7. The summed E-state index contributed by atoms with van der Waals surface area (Å²) in [4.78, 5) is 25.2. The van der Waals surface area contributed by atoms with Gasteiger partial charge in [0, 0.05) is 17.6 Å². The summed E-state index contributed by atoms with van der Waals surface area (Å²) in [7, 11) is 2.63. The van der Waals surface area contributed by atoms with Gasteiger partial charge in [-0.25, -0.2) is 4.79 Å². The minimum atomic E-state index is -3.05. The Morgan fingerprint density at radius 2 is 1.84 bits per heavy atom. The molecule has 1 aromatic carbocycles. The number of fused-ring (bicyclic) bond motifs is 1. The molecule has 2 aromatic rings. The van der Waals surface area contributed by atoms with Crippen molar-refractivity contribution in [3.63, 3.8) is 0 Å². The molecular weight excluding hydrogens is 414 g/mol. The van der Waals surface area contributed by atoms with Crippen LogP contribution in [0.25, 0.3) is 6.08 Å². The minimum absolute atomic E-state index is 0.0262. The van der Waals surface area contributed by atoms with Crippen LogP contribution in [-0.4, -0.2) is 39.2 Å². The van der Waals surface area contributed by atoms with Gasteiger partial charge in [0.2, 0.25) is 11.5 Å². The van der Waals surface area contributed by atoms with Crippen LogP contribution < -0.4 is 14.2 Å². The molecule has 3 rings (SSSR count). The summed E-state index contributed by atoms with van der Waals surface area (Å²) in [5, 5.41) is 0. The molecule has 1 aromatic heterocycles. The van der Waals surface area contributed by atoms with Crippen molar-refractivity contribution < 1.29 is 41.7 Å². The first-order valence-corrected chi connectivity index (χ1v) is 9.56. The predicted molar refractivity (Wildman–Crippen MR) is 106 cm³/mol. The number of halogens is 2. The number of hydrogen-bond donors (Lipinski definition) is 0. The van der Waals surface area contributed by atoms with E-state index in [1.807, 2.05) is 0 Å². The fourth-order valence-corrected chi connectivity index (χ4v) is 3.49. The van der Waals surface area contributed by atoms with Gasteiger partial charge in [-0.15, -0.1) is 0 Å². The summed E-state index contributed by atoms with van der Waals surface area (Å²) >= 11 is 0. The van der Waals surface area contributed by atoms with Crippen LogP contribution in [0.15, 0.2) is 22.1 Å². The van der Waals surface area contributed by atoms with Crippen LogP contribution in [0.4, 0.5) is 8.78 Å². The molecule has 0 fully saturated rings. The van der Waals surface area contributed by atoms with Crippen LogP contribution >= 0.6 is 0 Å². The first-order chi connectivity index (χ1) is 14.8. The number of hydrogen-bond acceptors (Lipinski definition) is 7. The molecule has 0 amide bonds. The zero-order chi connectivity index (χ0) is 22.7. The number of esters is 1. The van der Waals surface area contributed by atoms with E-state index in [9.17, 15) is 18.4 Å². The highest BCUT2D eigenvalue weighted by Crippen LogP contribution is 2.41. The van der Waals surface area contributed by atoms with E-state index >= 15 is 0 Å². The predicted octanol–water partition coefficient (Wildman–Crippen LogP) is 4.60. The third-order valence-corrected chi connectivity index (χ3v) is 4.85. The number of aryl methyl sites for hydroxylation is 1. The van der Waals surface area contributed by atoms with Gasteiger partial charge in [0.15, 0.2) is 17.3 Å². The largest absolute Gasteiger partial charge is 0.493 e. The Labute approximate surface area is 177 Å². The molecule has 7 nitrogen and oxygen atoms in total. The lowest BCUT2D eigenvalue weighted by atomic mass is 9.88. The van der Waals surface area contributed by atoms with E-state index in [-0.39, 0.29) is 35.4 Å². The molecule has 0 radical (unpaired) electrons. The molecule has 9 heteroatoms. The van der Waals surface area contributed by atoms with E-state index in [2.05, 4.69) is 4.74 Å². The Kier molecular flexibility index (Phi) is 6.62. The van der Waals surface area contributed by atoms with E-state index in [0.29, 0.717) is 40.9 Å². The molecule has 1 aliphatic rings. The number of allylic oxidation sites excluding steroid dienone is 1. The van der Waals surface area contributed by atoms with Crippen molar-refractivity contribution in [1.29, 1.82) is 0 Å². The Morgan fingerprint density at radius 1 is 1.19 bits per heavy atom. The van der Waals surface area contributed by atoms with Gasteiger partial charge in [0.1, 0.15) is 5.76 Å². The molecule has 31 heavy (non-hydrogen) atoms. The highest BCUT2D eigenvalue weighted by molar-refractivity contribution is 6.14. The van der Waals surface area contributed by atoms with Crippen LogP contribution in [0.2, 0.25) is 0 Å². The van der Waals surface area contributed by atoms with E-state index < -0.39 is 12.6 Å². The number of Topliss-reactive ketones (excluding diaryl/α,β-unsaturated/α-hetero) is 1. The first-order valence-electron chi connectivity index (χ1n) is 9.56. The van der Waals surface area contributed by atoms with Crippen LogP contribution in [0.1, 0.15) is 51.1 Å². The highest BCUT2D eigenvalue weighted by atomic mass is 19.3. The average molecular weight is 436 g/mol. The van der Waals surface area contributed by atoms with Crippen molar-refractivity contribution in [2.45, 2.75) is 33.3 Å².